The van der Waals surface area contributed by atoms with Crippen LogP contribution in [0.3, 0.4) is 0 Å². The zero-order chi connectivity index (χ0) is 13.9. The zero-order valence-electron chi connectivity index (χ0n) is 9.89. The molecule has 19 heavy (non-hydrogen) atoms. The Morgan fingerprint density at radius 3 is 2.79 bits per heavy atom. The molecular formula is C10H13N3O3S3. The molecule has 0 aliphatic heterocycles. The Hall–Kier alpha value is -1.00. The molecule has 0 fully saturated rings. The molecule has 0 aliphatic rings. The number of aliphatic hydroxyl groups is 1. The molecule has 0 amide bonds. The number of primary sulfonamides is 1. The molecule has 104 valence electrons. The standard InChI is InChI=1S/C10H13N3O3S3/c11-19(15,16)9-5-12-10(18-9)13(2-3-14)6-8-1-4-17-7-8/h1,4-5,7,14H,2-3,6H2,(H2,11,15,16). The van der Waals surface area contributed by atoms with E-state index in [2.05, 4.69) is 4.98 Å². The minimum atomic E-state index is -3.72. The van der Waals surface area contributed by atoms with Crippen molar-refractivity contribution in [2.45, 2.75) is 10.8 Å². The van der Waals surface area contributed by atoms with Crippen LogP contribution in [0.5, 0.6) is 0 Å². The highest BCUT2D eigenvalue weighted by molar-refractivity contribution is 7.91. The quantitative estimate of drug-likeness (QED) is 0.823. The summed E-state index contributed by atoms with van der Waals surface area (Å²) < 4.78 is 22.5. The first kappa shape index (κ1) is 14.4. The Morgan fingerprint density at radius 1 is 1.47 bits per heavy atom. The summed E-state index contributed by atoms with van der Waals surface area (Å²) in [4.78, 5) is 5.88. The van der Waals surface area contributed by atoms with E-state index in [1.165, 1.54) is 6.20 Å². The van der Waals surface area contributed by atoms with Gasteiger partial charge in [-0.15, -0.1) is 0 Å². The molecule has 2 heterocycles. The van der Waals surface area contributed by atoms with Crippen LogP contribution in [0.4, 0.5) is 5.13 Å². The molecular weight excluding hydrogens is 306 g/mol. The summed E-state index contributed by atoms with van der Waals surface area (Å²) >= 11 is 2.59. The van der Waals surface area contributed by atoms with Crippen molar-refractivity contribution >= 4 is 37.8 Å². The van der Waals surface area contributed by atoms with Crippen LogP contribution in [0.25, 0.3) is 0 Å². The molecule has 0 saturated carbocycles. The minimum Gasteiger partial charge on any atom is -0.395 e. The number of hydrogen-bond donors (Lipinski definition) is 2. The first-order valence-corrected chi connectivity index (χ1v) is 8.67. The van der Waals surface area contributed by atoms with Crippen molar-refractivity contribution in [3.63, 3.8) is 0 Å². The molecule has 0 aromatic carbocycles. The monoisotopic (exact) mass is 319 g/mol. The van der Waals surface area contributed by atoms with Gasteiger partial charge in [0.25, 0.3) is 0 Å². The fraction of sp³-hybridized carbons (Fsp3) is 0.300. The number of anilines is 1. The molecule has 2 aromatic heterocycles. The lowest BCUT2D eigenvalue weighted by atomic mass is 10.3. The van der Waals surface area contributed by atoms with Crippen molar-refractivity contribution < 1.29 is 13.5 Å². The smallest absolute Gasteiger partial charge is 0.249 e. The number of nitrogens with two attached hydrogens (primary N) is 1. The van der Waals surface area contributed by atoms with Gasteiger partial charge in [-0.05, 0) is 22.4 Å². The summed E-state index contributed by atoms with van der Waals surface area (Å²) in [6, 6.07) is 1.98. The molecule has 0 aliphatic carbocycles. The maximum Gasteiger partial charge on any atom is 0.249 e. The second-order valence-corrected chi connectivity index (χ2v) is 7.36. The van der Waals surface area contributed by atoms with Gasteiger partial charge in [0.1, 0.15) is 0 Å². The second-order valence-electron chi connectivity index (χ2n) is 3.78. The predicted octanol–water partition coefficient (Wildman–Crippen LogP) is 0.851. The van der Waals surface area contributed by atoms with E-state index in [1.807, 2.05) is 21.7 Å². The summed E-state index contributed by atoms with van der Waals surface area (Å²) in [6.07, 6.45) is 1.24. The van der Waals surface area contributed by atoms with E-state index in [1.54, 1.807) is 11.3 Å². The molecule has 0 radical (unpaired) electrons. The molecule has 0 bridgehead atoms. The van der Waals surface area contributed by atoms with E-state index in [0.29, 0.717) is 18.2 Å². The van der Waals surface area contributed by atoms with Crippen LogP contribution in [0.2, 0.25) is 0 Å². The van der Waals surface area contributed by atoms with Crippen LogP contribution in [0, 0.1) is 0 Å². The minimum absolute atomic E-state index is 0.0239. The third-order valence-electron chi connectivity index (χ3n) is 2.35. The molecule has 0 spiro atoms. The van der Waals surface area contributed by atoms with Gasteiger partial charge in [0.05, 0.1) is 12.8 Å². The Kier molecular flexibility index (Phi) is 4.53. The van der Waals surface area contributed by atoms with Crippen LogP contribution in [-0.2, 0) is 16.6 Å². The lowest BCUT2D eigenvalue weighted by Gasteiger charge is -2.19. The first-order valence-electron chi connectivity index (χ1n) is 5.36. The molecule has 0 unspecified atom stereocenters. The van der Waals surface area contributed by atoms with Crippen molar-refractivity contribution in [1.29, 1.82) is 0 Å². The van der Waals surface area contributed by atoms with Crippen molar-refractivity contribution in [2.75, 3.05) is 18.1 Å². The third kappa shape index (κ3) is 3.74. The van der Waals surface area contributed by atoms with Crippen LogP contribution in [0.1, 0.15) is 5.56 Å². The number of thiophene rings is 1. The van der Waals surface area contributed by atoms with E-state index in [0.717, 1.165) is 16.9 Å². The molecule has 0 saturated heterocycles. The van der Waals surface area contributed by atoms with Crippen molar-refractivity contribution in [3.8, 4) is 0 Å². The fourth-order valence-corrected chi connectivity index (χ4v) is 3.72. The molecule has 2 rings (SSSR count). The van der Waals surface area contributed by atoms with Crippen molar-refractivity contribution in [1.82, 2.24) is 4.98 Å². The summed E-state index contributed by atoms with van der Waals surface area (Å²) in [5.41, 5.74) is 1.09. The highest BCUT2D eigenvalue weighted by Crippen LogP contribution is 2.26. The number of rotatable bonds is 6. The van der Waals surface area contributed by atoms with E-state index < -0.39 is 10.0 Å². The average molecular weight is 319 g/mol. The molecule has 3 N–H and O–H groups in total. The van der Waals surface area contributed by atoms with Gasteiger partial charge in [0, 0.05) is 13.1 Å². The lowest BCUT2D eigenvalue weighted by molar-refractivity contribution is 0.301. The van der Waals surface area contributed by atoms with Gasteiger partial charge in [-0.2, -0.15) is 11.3 Å². The SMILES string of the molecule is NS(=O)(=O)c1cnc(N(CCO)Cc2ccsc2)s1. The van der Waals surface area contributed by atoms with Gasteiger partial charge in [0.2, 0.25) is 10.0 Å². The highest BCUT2D eigenvalue weighted by Gasteiger charge is 2.17. The van der Waals surface area contributed by atoms with Crippen molar-refractivity contribution in [2.24, 2.45) is 5.14 Å². The summed E-state index contributed by atoms with van der Waals surface area (Å²) in [5, 5.41) is 18.6. The van der Waals surface area contributed by atoms with Crippen LogP contribution >= 0.6 is 22.7 Å². The fourth-order valence-electron chi connectivity index (χ4n) is 1.49. The van der Waals surface area contributed by atoms with E-state index in [4.69, 9.17) is 10.2 Å². The topological polar surface area (TPSA) is 96.5 Å². The number of aromatic nitrogens is 1. The van der Waals surface area contributed by atoms with E-state index in [9.17, 15) is 8.42 Å². The number of thiazole rings is 1. The normalized spacial score (nSPS) is 11.7. The summed E-state index contributed by atoms with van der Waals surface area (Å²) in [7, 11) is -3.72. The Balaban J connectivity index is 2.21. The largest absolute Gasteiger partial charge is 0.395 e. The number of nitrogens with zero attached hydrogens (tertiary/aromatic N) is 2. The van der Waals surface area contributed by atoms with Crippen LogP contribution in [-0.4, -0.2) is 31.7 Å². The van der Waals surface area contributed by atoms with Gasteiger partial charge in [-0.25, -0.2) is 18.5 Å². The van der Waals surface area contributed by atoms with Gasteiger partial charge >= 0.3 is 0 Å². The number of hydrogen-bond acceptors (Lipinski definition) is 7. The average Bonchev–Trinajstić information content (AvgIpc) is 2.98. The first-order chi connectivity index (χ1) is 9.00. The lowest BCUT2D eigenvalue weighted by Crippen LogP contribution is -2.25. The van der Waals surface area contributed by atoms with Crippen molar-refractivity contribution in [3.05, 3.63) is 28.6 Å². The maximum absolute atomic E-state index is 11.2. The molecule has 6 nitrogen and oxygen atoms in total. The van der Waals surface area contributed by atoms with Crippen LogP contribution < -0.4 is 10.0 Å². The van der Waals surface area contributed by atoms with E-state index in [-0.39, 0.29) is 10.8 Å². The predicted molar refractivity (Wildman–Crippen MR) is 75.9 cm³/mol. The Bertz CT molecular complexity index is 621. The summed E-state index contributed by atoms with van der Waals surface area (Å²) in [5.74, 6) is 0. The molecule has 9 heteroatoms. The number of aliphatic hydroxyl groups excluding tert-OH is 1. The van der Waals surface area contributed by atoms with Crippen LogP contribution in [0.15, 0.2) is 27.2 Å². The van der Waals surface area contributed by atoms with E-state index >= 15 is 0 Å². The Labute approximate surface area is 119 Å². The van der Waals surface area contributed by atoms with Gasteiger partial charge in [0.15, 0.2) is 9.34 Å². The second kappa shape index (κ2) is 5.97. The maximum atomic E-state index is 11.2. The highest BCUT2D eigenvalue weighted by atomic mass is 32.2. The van der Waals surface area contributed by atoms with Gasteiger partial charge < -0.3 is 10.0 Å². The Morgan fingerprint density at radius 2 is 2.26 bits per heavy atom. The third-order valence-corrected chi connectivity index (χ3v) is 5.54. The van der Waals surface area contributed by atoms with Gasteiger partial charge in [-0.1, -0.05) is 11.3 Å². The number of sulfonamides is 1. The van der Waals surface area contributed by atoms with Gasteiger partial charge in [-0.3, -0.25) is 0 Å². The zero-order valence-corrected chi connectivity index (χ0v) is 12.3. The molecule has 2 aromatic rings. The molecule has 0 atom stereocenters. The summed E-state index contributed by atoms with van der Waals surface area (Å²) in [6.45, 7) is 0.920.